The Morgan fingerprint density at radius 3 is 2.84 bits per heavy atom. The van der Waals surface area contributed by atoms with Crippen molar-refractivity contribution in [2.75, 3.05) is 6.54 Å². The van der Waals surface area contributed by atoms with Gasteiger partial charge in [-0.1, -0.05) is 12.1 Å². The highest BCUT2D eigenvalue weighted by atomic mass is 16.5. The summed E-state index contributed by atoms with van der Waals surface area (Å²) in [5, 5.41) is 0. The molecular formula is C15H21N3O. The third-order valence-corrected chi connectivity index (χ3v) is 3.33. The van der Waals surface area contributed by atoms with Crippen molar-refractivity contribution in [2.45, 2.75) is 26.9 Å². The van der Waals surface area contributed by atoms with Crippen LogP contribution in [0.5, 0.6) is 5.75 Å². The second-order valence-electron chi connectivity index (χ2n) is 4.78. The van der Waals surface area contributed by atoms with Crippen molar-refractivity contribution in [3.63, 3.8) is 0 Å². The third kappa shape index (κ3) is 3.15. The topological polar surface area (TPSA) is 53.1 Å². The van der Waals surface area contributed by atoms with Gasteiger partial charge in [0.05, 0.1) is 5.69 Å². The monoisotopic (exact) mass is 259 g/mol. The zero-order valence-corrected chi connectivity index (χ0v) is 11.8. The van der Waals surface area contributed by atoms with Crippen LogP contribution in [0, 0.1) is 13.8 Å². The van der Waals surface area contributed by atoms with Crippen LogP contribution < -0.4 is 10.5 Å². The van der Waals surface area contributed by atoms with Crippen molar-refractivity contribution >= 4 is 0 Å². The van der Waals surface area contributed by atoms with Crippen molar-refractivity contribution < 1.29 is 4.74 Å². The van der Waals surface area contributed by atoms with Gasteiger partial charge in [0.15, 0.2) is 0 Å². The van der Waals surface area contributed by atoms with Gasteiger partial charge in [0.25, 0.3) is 0 Å². The largest absolute Gasteiger partial charge is 0.485 e. The maximum Gasteiger partial charge on any atom is 0.146 e. The normalized spacial score (nSPS) is 10.7. The summed E-state index contributed by atoms with van der Waals surface area (Å²) in [6.45, 7) is 5.25. The Balaban J connectivity index is 2.08. The van der Waals surface area contributed by atoms with E-state index in [4.69, 9.17) is 10.5 Å². The van der Waals surface area contributed by atoms with E-state index in [1.54, 1.807) is 0 Å². The molecule has 0 saturated carbocycles. The molecule has 0 aliphatic carbocycles. The maximum absolute atomic E-state index is 5.86. The highest BCUT2D eigenvalue weighted by Gasteiger charge is 2.07. The Morgan fingerprint density at radius 1 is 1.32 bits per heavy atom. The molecule has 2 rings (SSSR count). The van der Waals surface area contributed by atoms with Crippen LogP contribution in [0.3, 0.4) is 0 Å². The molecule has 0 spiro atoms. The molecule has 0 unspecified atom stereocenters. The smallest absolute Gasteiger partial charge is 0.146 e. The van der Waals surface area contributed by atoms with Gasteiger partial charge in [-0.2, -0.15) is 0 Å². The molecule has 2 aromatic rings. The van der Waals surface area contributed by atoms with Crippen LogP contribution in [0.15, 0.2) is 24.4 Å². The van der Waals surface area contributed by atoms with Gasteiger partial charge >= 0.3 is 0 Å². The number of benzene rings is 1. The first-order valence-corrected chi connectivity index (χ1v) is 6.52. The van der Waals surface area contributed by atoms with Crippen LogP contribution in [0.2, 0.25) is 0 Å². The lowest BCUT2D eigenvalue weighted by Gasteiger charge is -2.10. The molecular weight excluding hydrogens is 238 g/mol. The number of hydrogen-bond acceptors (Lipinski definition) is 3. The average Bonchev–Trinajstić information content (AvgIpc) is 2.72. The van der Waals surface area contributed by atoms with Crippen LogP contribution in [0.4, 0.5) is 0 Å². The second-order valence-corrected chi connectivity index (χ2v) is 4.78. The Morgan fingerprint density at radius 2 is 2.11 bits per heavy atom. The predicted octanol–water partition coefficient (Wildman–Crippen LogP) is 2.12. The minimum absolute atomic E-state index is 0.478. The van der Waals surface area contributed by atoms with E-state index < -0.39 is 0 Å². The third-order valence-electron chi connectivity index (χ3n) is 3.33. The lowest BCUT2D eigenvalue weighted by Crippen LogP contribution is -2.05. The van der Waals surface area contributed by atoms with Crippen molar-refractivity contribution in [2.24, 2.45) is 12.8 Å². The molecule has 1 aromatic carbocycles. The SMILES string of the molecule is Cc1cccc(OCc2nc(CCN)cn2C)c1C. The number of aryl methyl sites for hydroxylation is 2. The van der Waals surface area contributed by atoms with E-state index in [1.165, 1.54) is 11.1 Å². The van der Waals surface area contributed by atoms with E-state index in [0.717, 1.165) is 23.7 Å². The summed E-state index contributed by atoms with van der Waals surface area (Å²) in [5.41, 5.74) is 8.98. The van der Waals surface area contributed by atoms with E-state index in [0.29, 0.717) is 13.2 Å². The fraction of sp³-hybridized carbons (Fsp3) is 0.400. The maximum atomic E-state index is 5.86. The summed E-state index contributed by atoms with van der Waals surface area (Å²) in [4.78, 5) is 4.52. The zero-order chi connectivity index (χ0) is 13.8. The molecule has 19 heavy (non-hydrogen) atoms. The highest BCUT2D eigenvalue weighted by Crippen LogP contribution is 2.21. The quantitative estimate of drug-likeness (QED) is 0.894. The van der Waals surface area contributed by atoms with E-state index in [9.17, 15) is 0 Å². The van der Waals surface area contributed by atoms with Gasteiger partial charge in [-0.25, -0.2) is 4.98 Å². The highest BCUT2D eigenvalue weighted by molar-refractivity contribution is 5.38. The predicted molar refractivity (Wildman–Crippen MR) is 76.2 cm³/mol. The molecule has 0 bridgehead atoms. The Kier molecular flexibility index (Phi) is 4.22. The first-order valence-electron chi connectivity index (χ1n) is 6.52. The molecule has 1 heterocycles. The van der Waals surface area contributed by atoms with Crippen molar-refractivity contribution in [1.82, 2.24) is 9.55 Å². The van der Waals surface area contributed by atoms with Gasteiger partial charge < -0.3 is 15.0 Å². The lowest BCUT2D eigenvalue weighted by atomic mass is 10.1. The van der Waals surface area contributed by atoms with Gasteiger partial charge in [0, 0.05) is 19.7 Å². The molecule has 0 radical (unpaired) electrons. The standard InChI is InChI=1S/C15H21N3O/c1-11-5-4-6-14(12(11)2)19-10-15-17-13(7-8-16)9-18(15)3/h4-6,9H,7-8,10,16H2,1-3H3. The molecule has 0 saturated heterocycles. The molecule has 1 aromatic heterocycles. The van der Waals surface area contributed by atoms with Gasteiger partial charge in [-0.3, -0.25) is 0 Å². The van der Waals surface area contributed by atoms with E-state index in [2.05, 4.69) is 24.9 Å². The van der Waals surface area contributed by atoms with E-state index >= 15 is 0 Å². The van der Waals surface area contributed by atoms with Gasteiger partial charge in [-0.05, 0) is 37.6 Å². The fourth-order valence-corrected chi connectivity index (χ4v) is 2.00. The van der Waals surface area contributed by atoms with Crippen LogP contribution in [-0.4, -0.2) is 16.1 Å². The van der Waals surface area contributed by atoms with Crippen LogP contribution >= 0.6 is 0 Å². The minimum Gasteiger partial charge on any atom is -0.485 e. The molecule has 4 nitrogen and oxygen atoms in total. The first kappa shape index (κ1) is 13.6. The first-order chi connectivity index (χ1) is 9.11. The van der Waals surface area contributed by atoms with Gasteiger partial charge in [-0.15, -0.1) is 0 Å². The molecule has 0 amide bonds. The van der Waals surface area contributed by atoms with Crippen molar-refractivity contribution in [3.8, 4) is 5.75 Å². The summed E-state index contributed by atoms with van der Waals surface area (Å²) in [6, 6.07) is 6.09. The number of hydrogen-bond donors (Lipinski definition) is 1. The molecule has 0 aliphatic heterocycles. The second kappa shape index (κ2) is 5.89. The molecule has 0 atom stereocenters. The Bertz CT molecular complexity index is 561. The van der Waals surface area contributed by atoms with Crippen molar-refractivity contribution in [3.05, 3.63) is 47.0 Å². The molecule has 0 aliphatic rings. The number of nitrogens with two attached hydrogens (primary N) is 1. The molecule has 2 N–H and O–H groups in total. The number of aromatic nitrogens is 2. The summed E-state index contributed by atoms with van der Waals surface area (Å²) in [7, 11) is 1.98. The number of rotatable bonds is 5. The number of imidazole rings is 1. The van der Waals surface area contributed by atoms with E-state index in [-0.39, 0.29) is 0 Å². The average molecular weight is 259 g/mol. The lowest BCUT2D eigenvalue weighted by molar-refractivity contribution is 0.289. The van der Waals surface area contributed by atoms with Crippen LogP contribution in [0.25, 0.3) is 0 Å². The molecule has 0 fully saturated rings. The number of nitrogens with zero attached hydrogens (tertiary/aromatic N) is 2. The summed E-state index contributed by atoms with van der Waals surface area (Å²) in [6.07, 6.45) is 2.81. The minimum atomic E-state index is 0.478. The Hall–Kier alpha value is -1.81. The van der Waals surface area contributed by atoms with Crippen LogP contribution in [-0.2, 0) is 20.1 Å². The molecule has 4 heteroatoms. The Labute approximate surface area is 114 Å². The van der Waals surface area contributed by atoms with Gasteiger partial charge in [0.2, 0.25) is 0 Å². The summed E-state index contributed by atoms with van der Waals surface area (Å²) < 4.78 is 7.86. The fourth-order valence-electron chi connectivity index (χ4n) is 2.00. The van der Waals surface area contributed by atoms with Gasteiger partial charge in [0.1, 0.15) is 18.2 Å². The summed E-state index contributed by atoms with van der Waals surface area (Å²) in [5.74, 6) is 1.84. The van der Waals surface area contributed by atoms with Crippen molar-refractivity contribution in [1.29, 1.82) is 0 Å². The van der Waals surface area contributed by atoms with Crippen LogP contribution in [0.1, 0.15) is 22.6 Å². The number of ether oxygens (including phenoxy) is 1. The summed E-state index contributed by atoms with van der Waals surface area (Å²) >= 11 is 0. The van der Waals surface area contributed by atoms with E-state index in [1.807, 2.05) is 29.9 Å². The molecule has 102 valence electrons. The zero-order valence-electron chi connectivity index (χ0n) is 11.8.